The second-order valence-electron chi connectivity index (χ2n) is 16.8. The van der Waals surface area contributed by atoms with Gasteiger partial charge in [-0.3, -0.25) is 0 Å². The topological polar surface area (TPSA) is 13.1 Å². The molecule has 0 atom stereocenters. The highest BCUT2D eigenvalue weighted by Gasteiger charge is 2.62. The normalized spacial score (nSPS) is 23.9. The Morgan fingerprint density at radius 3 is 1.74 bits per heavy atom. The van der Waals surface area contributed by atoms with E-state index in [-0.39, 0.29) is 5.41 Å². The van der Waals surface area contributed by atoms with Crippen molar-refractivity contribution in [1.29, 1.82) is 0 Å². The first-order valence-electron chi connectivity index (χ1n) is 19.8. The van der Waals surface area contributed by atoms with Crippen LogP contribution in [0.2, 0.25) is 0 Å². The monoisotopic (exact) mass is 678 g/mol. The van der Waals surface area contributed by atoms with Crippen molar-refractivity contribution in [2.24, 2.45) is 23.7 Å². The zero-order valence-corrected chi connectivity index (χ0v) is 29.6. The van der Waals surface area contributed by atoms with E-state index in [0.29, 0.717) is 11.8 Å². The number of hydrogen-bond donors (Lipinski definition) is 0. The van der Waals surface area contributed by atoms with Gasteiger partial charge < -0.3 is 4.42 Å². The quantitative estimate of drug-likeness (QED) is 0.166. The van der Waals surface area contributed by atoms with Gasteiger partial charge in [0.2, 0.25) is 0 Å². The van der Waals surface area contributed by atoms with Gasteiger partial charge in [0.1, 0.15) is 11.2 Å². The van der Waals surface area contributed by atoms with Gasteiger partial charge in [0.15, 0.2) is 0 Å². The number of hydrogen-bond acceptors (Lipinski definition) is 1. The zero-order chi connectivity index (χ0) is 34.4. The number of fused-ring (bicyclic) bond motifs is 10. The van der Waals surface area contributed by atoms with Gasteiger partial charge in [0, 0.05) is 27.3 Å². The van der Waals surface area contributed by atoms with Crippen LogP contribution < -0.4 is 0 Å². The van der Waals surface area contributed by atoms with Crippen molar-refractivity contribution in [3.63, 3.8) is 0 Å². The number of para-hydroxylation sites is 2. The first kappa shape index (κ1) is 28.9. The van der Waals surface area contributed by atoms with Gasteiger partial charge in [-0.25, -0.2) is 0 Å². The molecule has 1 heteroatoms. The summed E-state index contributed by atoms with van der Waals surface area (Å²) in [7, 11) is 0. The SMILES string of the molecule is c1ccc2c3c(ccc2c1)-c1ccc(-c2c4ccccc4c(-c4cccc5c4oc4ccccc45)c4ccccc24)cc1C31C2CC3CC(C2)CC1C3. The Balaban J connectivity index is 1.10. The van der Waals surface area contributed by atoms with Crippen LogP contribution in [0.25, 0.3) is 87.6 Å². The molecular weight excluding hydrogens is 641 g/mol. The summed E-state index contributed by atoms with van der Waals surface area (Å²) in [6.07, 6.45) is 6.99. The number of benzene rings is 8. The molecule has 0 aliphatic heterocycles. The second-order valence-corrected chi connectivity index (χ2v) is 16.8. The molecule has 0 N–H and O–H groups in total. The van der Waals surface area contributed by atoms with Crippen molar-refractivity contribution in [3.05, 3.63) is 157 Å². The number of furan rings is 1. The fraction of sp³-hybridized carbons (Fsp3) is 0.192. The van der Waals surface area contributed by atoms with Gasteiger partial charge in [0.05, 0.1) is 0 Å². The summed E-state index contributed by atoms with van der Waals surface area (Å²) in [4.78, 5) is 0. The number of rotatable bonds is 2. The van der Waals surface area contributed by atoms with E-state index in [9.17, 15) is 0 Å². The molecule has 5 aliphatic rings. The molecule has 1 aromatic heterocycles. The summed E-state index contributed by atoms with van der Waals surface area (Å²) in [6, 6.07) is 55.0. The largest absolute Gasteiger partial charge is 0.455 e. The molecule has 1 nitrogen and oxygen atoms in total. The first-order valence-corrected chi connectivity index (χ1v) is 19.8. The first-order chi connectivity index (χ1) is 26.3. The van der Waals surface area contributed by atoms with Crippen LogP contribution in [-0.4, -0.2) is 0 Å². The van der Waals surface area contributed by atoms with E-state index in [4.69, 9.17) is 4.42 Å². The molecule has 1 heterocycles. The fourth-order valence-corrected chi connectivity index (χ4v) is 12.8. The predicted molar refractivity (Wildman–Crippen MR) is 220 cm³/mol. The van der Waals surface area contributed by atoms with Gasteiger partial charge in [-0.2, -0.15) is 0 Å². The maximum absolute atomic E-state index is 6.67. The molecule has 5 aliphatic carbocycles. The molecule has 252 valence electrons. The average Bonchev–Trinajstić information content (AvgIpc) is 3.73. The predicted octanol–water partition coefficient (Wildman–Crippen LogP) is 14.1. The van der Waals surface area contributed by atoms with E-state index in [1.165, 1.54) is 103 Å². The van der Waals surface area contributed by atoms with Gasteiger partial charge in [-0.15, -0.1) is 0 Å². The molecule has 4 saturated carbocycles. The molecule has 53 heavy (non-hydrogen) atoms. The van der Waals surface area contributed by atoms with Crippen LogP contribution in [0.1, 0.15) is 43.2 Å². The smallest absolute Gasteiger partial charge is 0.143 e. The Morgan fingerprint density at radius 2 is 1.02 bits per heavy atom. The zero-order valence-electron chi connectivity index (χ0n) is 29.6. The molecular formula is C52H38O. The molecule has 0 amide bonds. The third kappa shape index (κ3) is 3.63. The molecule has 8 aromatic carbocycles. The highest BCUT2D eigenvalue weighted by molar-refractivity contribution is 6.24. The van der Waals surface area contributed by atoms with Crippen molar-refractivity contribution >= 4 is 54.3 Å². The van der Waals surface area contributed by atoms with E-state index >= 15 is 0 Å². The highest BCUT2D eigenvalue weighted by atomic mass is 16.3. The van der Waals surface area contributed by atoms with Crippen LogP contribution in [0.4, 0.5) is 0 Å². The summed E-state index contributed by atoms with van der Waals surface area (Å²) < 4.78 is 6.67. The van der Waals surface area contributed by atoms with Gasteiger partial charge in [0.25, 0.3) is 0 Å². The van der Waals surface area contributed by atoms with Crippen LogP contribution in [-0.2, 0) is 5.41 Å². The maximum Gasteiger partial charge on any atom is 0.143 e. The summed E-state index contributed by atoms with van der Waals surface area (Å²) >= 11 is 0. The van der Waals surface area contributed by atoms with E-state index in [0.717, 1.165) is 28.6 Å². The fourth-order valence-electron chi connectivity index (χ4n) is 12.8. The lowest BCUT2D eigenvalue weighted by Crippen LogP contribution is -2.55. The van der Waals surface area contributed by atoms with E-state index < -0.39 is 0 Å². The van der Waals surface area contributed by atoms with Crippen molar-refractivity contribution in [2.75, 3.05) is 0 Å². The minimum absolute atomic E-state index is 0.0808. The standard InChI is InChI=1S/C52H38O/c1-2-11-36-32(10-1)20-23-43-37-22-21-33(29-46(37)52(50(36)43)34-25-30-24-31(27-34)28-35(52)26-30)48-39-13-3-5-15-41(39)49(42-16-6-4-14-40(42)48)45-18-9-17-44-38-12-7-8-19-47(38)53-51(44)45/h1-23,29-31,34-35H,24-28H2. The molecule has 14 rings (SSSR count). The lowest BCUT2D eigenvalue weighted by atomic mass is 9.43. The van der Waals surface area contributed by atoms with E-state index in [1.807, 2.05) is 0 Å². The van der Waals surface area contributed by atoms with Gasteiger partial charge in [-0.05, 0) is 134 Å². The summed E-state index contributed by atoms with van der Waals surface area (Å²) in [6.45, 7) is 0. The lowest BCUT2D eigenvalue weighted by molar-refractivity contribution is -0.0393. The third-order valence-electron chi connectivity index (χ3n) is 14.4. The van der Waals surface area contributed by atoms with Crippen molar-refractivity contribution in [1.82, 2.24) is 0 Å². The Bertz CT molecular complexity index is 2940. The Hall–Kier alpha value is -5.66. The highest BCUT2D eigenvalue weighted by Crippen LogP contribution is 2.70. The maximum atomic E-state index is 6.67. The minimum Gasteiger partial charge on any atom is -0.455 e. The van der Waals surface area contributed by atoms with Crippen LogP contribution in [0, 0.1) is 23.7 Å². The molecule has 1 spiro atoms. The van der Waals surface area contributed by atoms with Crippen LogP contribution >= 0.6 is 0 Å². The van der Waals surface area contributed by atoms with Crippen molar-refractivity contribution < 1.29 is 4.42 Å². The molecule has 0 unspecified atom stereocenters. The molecule has 9 aromatic rings. The molecule has 4 fully saturated rings. The van der Waals surface area contributed by atoms with E-state index in [2.05, 4.69) is 146 Å². The van der Waals surface area contributed by atoms with Crippen LogP contribution in [0.3, 0.4) is 0 Å². The molecule has 4 bridgehead atoms. The van der Waals surface area contributed by atoms with Gasteiger partial charge in [-0.1, -0.05) is 133 Å². The molecule has 0 radical (unpaired) electrons. The van der Waals surface area contributed by atoms with Crippen LogP contribution in [0.15, 0.2) is 150 Å². The summed E-state index contributed by atoms with van der Waals surface area (Å²) in [5.74, 6) is 3.23. The minimum atomic E-state index is 0.0808. The van der Waals surface area contributed by atoms with E-state index in [1.54, 1.807) is 11.1 Å². The Morgan fingerprint density at radius 1 is 0.434 bits per heavy atom. The summed E-state index contributed by atoms with van der Waals surface area (Å²) in [5.41, 5.74) is 13.3. The average molecular weight is 679 g/mol. The Labute approximate surface area is 308 Å². The summed E-state index contributed by atoms with van der Waals surface area (Å²) in [5, 5.41) is 10.3. The van der Waals surface area contributed by atoms with Gasteiger partial charge >= 0.3 is 0 Å². The third-order valence-corrected chi connectivity index (χ3v) is 14.4. The molecule has 0 saturated heterocycles. The Kier molecular flexibility index (Phi) is 5.59. The van der Waals surface area contributed by atoms with Crippen LogP contribution in [0.5, 0.6) is 0 Å². The van der Waals surface area contributed by atoms with Crippen molar-refractivity contribution in [3.8, 4) is 33.4 Å². The second kappa shape index (κ2) is 10.3. The lowest BCUT2D eigenvalue weighted by Gasteiger charge is -2.61. The van der Waals surface area contributed by atoms with Crippen molar-refractivity contribution in [2.45, 2.75) is 37.5 Å².